The summed E-state index contributed by atoms with van der Waals surface area (Å²) in [4.78, 5) is 33.7. The molecule has 3 N–H and O–H groups in total. The first-order valence-corrected chi connectivity index (χ1v) is 5.71. The second-order valence-corrected chi connectivity index (χ2v) is 4.10. The van der Waals surface area contributed by atoms with Crippen LogP contribution in [-0.4, -0.2) is 30.9 Å². The van der Waals surface area contributed by atoms with E-state index in [1.807, 2.05) is 0 Å². The van der Waals surface area contributed by atoms with Crippen molar-refractivity contribution in [3.63, 3.8) is 0 Å². The molecule has 0 heterocycles. The molecule has 2 amide bonds. The van der Waals surface area contributed by atoms with Crippen LogP contribution in [0.25, 0.3) is 0 Å². The molecule has 0 aromatic heterocycles. The van der Waals surface area contributed by atoms with E-state index in [2.05, 4.69) is 10.1 Å². The summed E-state index contributed by atoms with van der Waals surface area (Å²) >= 11 is 0. The van der Waals surface area contributed by atoms with Gasteiger partial charge in [-0.2, -0.15) is 0 Å². The first-order chi connectivity index (χ1) is 8.93. The molecule has 1 aromatic carbocycles. The molecule has 0 spiro atoms. The number of carbonyl (C=O) groups is 3. The topological polar surface area (TPSA) is 98.5 Å². The van der Waals surface area contributed by atoms with Crippen LogP contribution in [0, 0.1) is 0 Å². The number of hydrogen-bond donors (Lipinski definition) is 2. The van der Waals surface area contributed by atoms with Crippen LogP contribution in [0.15, 0.2) is 24.3 Å². The smallest absolute Gasteiger partial charge is 0.307 e. The van der Waals surface area contributed by atoms with Gasteiger partial charge in [-0.3, -0.25) is 14.4 Å². The Kier molecular flexibility index (Phi) is 5.05. The average Bonchev–Trinajstić information content (AvgIpc) is 2.38. The normalized spacial score (nSPS) is 11.5. The summed E-state index contributed by atoms with van der Waals surface area (Å²) in [6.45, 7) is 1.70. The van der Waals surface area contributed by atoms with Crippen molar-refractivity contribution in [2.45, 2.75) is 19.4 Å². The molecule has 0 radical (unpaired) electrons. The van der Waals surface area contributed by atoms with Gasteiger partial charge in [0.15, 0.2) is 0 Å². The van der Waals surface area contributed by atoms with Crippen LogP contribution in [0.1, 0.15) is 34.1 Å². The summed E-state index contributed by atoms with van der Waals surface area (Å²) in [6, 6.07) is 5.61. The maximum Gasteiger partial charge on any atom is 0.307 e. The maximum absolute atomic E-state index is 11.8. The monoisotopic (exact) mass is 264 g/mol. The molecule has 6 nitrogen and oxygen atoms in total. The van der Waals surface area contributed by atoms with Gasteiger partial charge < -0.3 is 15.8 Å². The zero-order valence-electron chi connectivity index (χ0n) is 10.8. The second kappa shape index (κ2) is 6.53. The molecular weight excluding hydrogens is 248 g/mol. The van der Waals surface area contributed by atoms with E-state index >= 15 is 0 Å². The second-order valence-electron chi connectivity index (χ2n) is 4.10. The average molecular weight is 264 g/mol. The van der Waals surface area contributed by atoms with E-state index in [-0.39, 0.29) is 18.4 Å². The van der Waals surface area contributed by atoms with Crippen LogP contribution in [0.5, 0.6) is 0 Å². The molecule has 6 heteroatoms. The Balaban J connectivity index is 2.63. The highest BCUT2D eigenvalue weighted by molar-refractivity contribution is 5.97. The predicted octanol–water partition coefficient (Wildman–Crippen LogP) is 0.467. The Morgan fingerprint density at radius 2 is 1.74 bits per heavy atom. The minimum absolute atomic E-state index is 0.0988. The Labute approximate surface area is 110 Å². The van der Waals surface area contributed by atoms with E-state index in [4.69, 9.17) is 5.73 Å². The minimum atomic E-state index is -0.550. The lowest BCUT2D eigenvalue weighted by molar-refractivity contribution is -0.141. The van der Waals surface area contributed by atoms with Gasteiger partial charge in [0.2, 0.25) is 5.91 Å². The highest BCUT2D eigenvalue weighted by Crippen LogP contribution is 2.05. The molecule has 0 aliphatic carbocycles. The molecule has 0 saturated carbocycles. The number of nitrogens with one attached hydrogen (secondary N) is 1. The van der Waals surface area contributed by atoms with Gasteiger partial charge in [-0.1, -0.05) is 0 Å². The number of nitrogens with two attached hydrogens (primary N) is 1. The third-order valence-corrected chi connectivity index (χ3v) is 2.51. The summed E-state index contributed by atoms with van der Waals surface area (Å²) in [5, 5.41) is 2.65. The molecule has 0 aliphatic rings. The zero-order valence-corrected chi connectivity index (χ0v) is 10.8. The molecule has 0 saturated heterocycles. The lowest BCUT2D eigenvalue weighted by Gasteiger charge is -2.12. The number of benzene rings is 1. The lowest BCUT2D eigenvalue weighted by atomic mass is 10.1. The van der Waals surface area contributed by atoms with Crippen LogP contribution >= 0.6 is 0 Å². The molecule has 0 aliphatic heterocycles. The lowest BCUT2D eigenvalue weighted by Crippen LogP contribution is -2.34. The van der Waals surface area contributed by atoms with Gasteiger partial charge in [-0.15, -0.1) is 0 Å². The predicted molar refractivity (Wildman–Crippen MR) is 68.5 cm³/mol. The summed E-state index contributed by atoms with van der Waals surface area (Å²) < 4.78 is 4.51. The summed E-state index contributed by atoms with van der Waals surface area (Å²) in [5.41, 5.74) is 5.82. The molecular formula is C13H16N2O4. The summed E-state index contributed by atoms with van der Waals surface area (Å²) in [7, 11) is 1.29. The number of methoxy groups -OCH3 is 1. The van der Waals surface area contributed by atoms with Crippen LogP contribution in [0.2, 0.25) is 0 Å². The van der Waals surface area contributed by atoms with E-state index in [1.54, 1.807) is 6.92 Å². The summed E-state index contributed by atoms with van der Waals surface area (Å²) in [5.74, 6) is -1.27. The maximum atomic E-state index is 11.8. The number of hydrogen-bond acceptors (Lipinski definition) is 4. The molecule has 1 aromatic rings. The molecule has 0 fully saturated rings. The molecule has 1 rings (SSSR count). The Morgan fingerprint density at radius 1 is 1.21 bits per heavy atom. The van der Waals surface area contributed by atoms with Gasteiger partial charge in [0, 0.05) is 17.2 Å². The number of esters is 1. The minimum Gasteiger partial charge on any atom is -0.469 e. The van der Waals surface area contributed by atoms with Gasteiger partial charge in [-0.05, 0) is 31.2 Å². The number of carbonyl (C=O) groups excluding carboxylic acids is 3. The third-order valence-electron chi connectivity index (χ3n) is 2.51. The number of primary amides is 1. The van der Waals surface area contributed by atoms with Crippen LogP contribution in [0.4, 0.5) is 0 Å². The Hall–Kier alpha value is -2.37. The fourth-order valence-electron chi connectivity index (χ4n) is 1.48. The highest BCUT2D eigenvalue weighted by atomic mass is 16.5. The molecule has 1 unspecified atom stereocenters. The van der Waals surface area contributed by atoms with E-state index in [9.17, 15) is 14.4 Å². The van der Waals surface area contributed by atoms with Crippen LogP contribution < -0.4 is 11.1 Å². The zero-order chi connectivity index (χ0) is 14.4. The highest BCUT2D eigenvalue weighted by Gasteiger charge is 2.13. The molecule has 102 valence electrons. The SMILES string of the molecule is COC(=O)CC(C)NC(=O)c1ccc(C(N)=O)cc1. The van der Waals surface area contributed by atoms with Gasteiger partial charge in [0.1, 0.15) is 0 Å². The fraction of sp³-hybridized carbons (Fsp3) is 0.308. The molecule has 0 bridgehead atoms. The Morgan fingerprint density at radius 3 is 2.21 bits per heavy atom. The van der Waals surface area contributed by atoms with Crippen molar-refractivity contribution in [2.24, 2.45) is 5.73 Å². The van der Waals surface area contributed by atoms with Crippen molar-refractivity contribution in [1.29, 1.82) is 0 Å². The van der Waals surface area contributed by atoms with Gasteiger partial charge in [-0.25, -0.2) is 0 Å². The first-order valence-electron chi connectivity index (χ1n) is 5.71. The van der Waals surface area contributed by atoms with Crippen molar-refractivity contribution in [3.8, 4) is 0 Å². The van der Waals surface area contributed by atoms with Gasteiger partial charge in [0.25, 0.3) is 5.91 Å². The van der Waals surface area contributed by atoms with Crippen molar-refractivity contribution in [3.05, 3.63) is 35.4 Å². The van der Waals surface area contributed by atoms with Crippen molar-refractivity contribution in [1.82, 2.24) is 5.32 Å². The van der Waals surface area contributed by atoms with Crippen molar-refractivity contribution < 1.29 is 19.1 Å². The van der Waals surface area contributed by atoms with Crippen molar-refractivity contribution >= 4 is 17.8 Å². The molecule has 1 atom stereocenters. The van der Waals surface area contributed by atoms with Crippen LogP contribution in [0.3, 0.4) is 0 Å². The molecule has 19 heavy (non-hydrogen) atoms. The quantitative estimate of drug-likeness (QED) is 0.755. The van der Waals surface area contributed by atoms with Gasteiger partial charge in [0.05, 0.1) is 13.5 Å². The fourth-order valence-corrected chi connectivity index (χ4v) is 1.48. The largest absolute Gasteiger partial charge is 0.469 e. The van der Waals surface area contributed by atoms with Crippen molar-refractivity contribution in [2.75, 3.05) is 7.11 Å². The van der Waals surface area contributed by atoms with E-state index in [1.165, 1.54) is 31.4 Å². The number of amides is 2. The number of ether oxygens (including phenoxy) is 1. The first kappa shape index (κ1) is 14.7. The van der Waals surface area contributed by atoms with E-state index in [0.29, 0.717) is 11.1 Å². The number of rotatable bonds is 5. The summed E-state index contributed by atoms with van der Waals surface area (Å²) in [6.07, 6.45) is 0.0988. The Bertz CT molecular complexity index is 482. The van der Waals surface area contributed by atoms with E-state index in [0.717, 1.165) is 0 Å². The van der Waals surface area contributed by atoms with Gasteiger partial charge >= 0.3 is 5.97 Å². The standard InChI is InChI=1S/C13H16N2O4/c1-8(7-11(16)19-2)15-13(18)10-5-3-9(4-6-10)12(14)17/h3-6,8H,7H2,1-2H3,(H2,14,17)(H,15,18). The third kappa shape index (κ3) is 4.42. The van der Waals surface area contributed by atoms with Crippen LogP contribution in [-0.2, 0) is 9.53 Å². The van der Waals surface area contributed by atoms with E-state index < -0.39 is 11.9 Å².